The number of carbonyl (C=O) groups excluding carboxylic acids is 1. The van der Waals surface area contributed by atoms with E-state index in [4.69, 9.17) is 4.52 Å². The lowest BCUT2D eigenvalue weighted by atomic mass is 10.2. The van der Waals surface area contributed by atoms with Crippen molar-refractivity contribution in [1.82, 2.24) is 30.5 Å². The fraction of sp³-hybridized carbons (Fsp3) is 0.0556. The Kier molecular flexibility index (Phi) is 4.58. The molecule has 1 amide bonds. The van der Waals surface area contributed by atoms with Crippen LogP contribution in [0.3, 0.4) is 0 Å². The molecule has 0 unspecified atom stereocenters. The Labute approximate surface area is 156 Å². The minimum atomic E-state index is -0.583. The van der Waals surface area contributed by atoms with E-state index < -0.39 is 11.7 Å². The molecule has 0 spiro atoms. The fourth-order valence-corrected chi connectivity index (χ4v) is 2.39. The molecule has 1 N–H and O–H groups in total. The summed E-state index contributed by atoms with van der Waals surface area (Å²) in [5, 5.41) is 14.1. The molecule has 2 heterocycles. The summed E-state index contributed by atoms with van der Waals surface area (Å²) in [7, 11) is 0. The van der Waals surface area contributed by atoms with E-state index in [1.165, 1.54) is 35.1 Å². The number of aromatic nitrogens is 5. The number of carbonyl (C=O) groups is 1. The van der Waals surface area contributed by atoms with Crippen molar-refractivity contribution < 1.29 is 18.1 Å². The maximum Gasteiger partial charge on any atom is 0.316 e. The zero-order chi connectivity index (χ0) is 19.5. The van der Waals surface area contributed by atoms with Gasteiger partial charge in [-0.05, 0) is 35.9 Å². The molecule has 140 valence electrons. The van der Waals surface area contributed by atoms with Crippen molar-refractivity contribution in [3.05, 3.63) is 77.8 Å². The molecular weight excluding hydrogens is 370 g/mol. The summed E-state index contributed by atoms with van der Waals surface area (Å²) in [5.74, 6) is -1.54. The predicted molar refractivity (Wildman–Crippen MR) is 92.2 cm³/mol. The molecule has 0 aliphatic heterocycles. The molecule has 0 aliphatic carbocycles. The lowest BCUT2D eigenvalue weighted by Gasteiger charge is -2.01. The van der Waals surface area contributed by atoms with Crippen molar-refractivity contribution >= 4 is 5.91 Å². The third-order valence-electron chi connectivity index (χ3n) is 3.78. The van der Waals surface area contributed by atoms with Gasteiger partial charge in [0.1, 0.15) is 11.6 Å². The van der Waals surface area contributed by atoms with Gasteiger partial charge < -0.3 is 9.84 Å². The Morgan fingerprint density at radius 2 is 1.93 bits per heavy atom. The number of halogens is 2. The highest BCUT2D eigenvalue weighted by atomic mass is 19.1. The highest BCUT2D eigenvalue weighted by Gasteiger charge is 2.18. The van der Waals surface area contributed by atoms with E-state index >= 15 is 0 Å². The molecular formula is C18H12F2N6O2. The van der Waals surface area contributed by atoms with Crippen LogP contribution in [0.5, 0.6) is 0 Å². The molecule has 28 heavy (non-hydrogen) atoms. The molecule has 0 bridgehead atoms. The molecule has 2 aromatic heterocycles. The lowest BCUT2D eigenvalue weighted by Crippen LogP contribution is -2.23. The van der Waals surface area contributed by atoms with E-state index in [0.717, 1.165) is 0 Å². The first-order valence-corrected chi connectivity index (χ1v) is 8.13. The number of hydrogen-bond donors (Lipinski definition) is 1. The fourth-order valence-electron chi connectivity index (χ4n) is 2.39. The van der Waals surface area contributed by atoms with Gasteiger partial charge in [-0.25, -0.2) is 13.5 Å². The van der Waals surface area contributed by atoms with Crippen LogP contribution in [0.25, 0.3) is 17.2 Å². The molecule has 0 saturated carbocycles. The van der Waals surface area contributed by atoms with E-state index in [2.05, 4.69) is 25.8 Å². The zero-order valence-corrected chi connectivity index (χ0v) is 14.2. The summed E-state index contributed by atoms with van der Waals surface area (Å²) in [5.41, 5.74) is 1.44. The van der Waals surface area contributed by atoms with Crippen molar-refractivity contribution in [1.29, 1.82) is 0 Å². The first kappa shape index (κ1) is 17.5. The summed E-state index contributed by atoms with van der Waals surface area (Å²) in [6.07, 6.45) is 1.49. The van der Waals surface area contributed by atoms with Crippen molar-refractivity contribution in [3.63, 3.8) is 0 Å². The normalized spacial score (nSPS) is 10.8. The van der Waals surface area contributed by atoms with E-state index in [9.17, 15) is 13.6 Å². The summed E-state index contributed by atoms with van der Waals surface area (Å²) >= 11 is 0. The number of hydrogen-bond acceptors (Lipinski definition) is 6. The second-order valence-electron chi connectivity index (χ2n) is 5.76. The minimum absolute atomic E-state index is 0.0644. The van der Waals surface area contributed by atoms with Gasteiger partial charge in [0.15, 0.2) is 5.69 Å². The minimum Gasteiger partial charge on any atom is -0.344 e. The molecule has 8 nitrogen and oxygen atoms in total. The van der Waals surface area contributed by atoms with Crippen LogP contribution >= 0.6 is 0 Å². The molecule has 10 heteroatoms. The Balaban J connectivity index is 1.45. The molecule has 0 saturated heterocycles. The highest BCUT2D eigenvalue weighted by molar-refractivity contribution is 5.89. The lowest BCUT2D eigenvalue weighted by molar-refractivity contribution is 0.0907. The van der Waals surface area contributed by atoms with Gasteiger partial charge in [-0.2, -0.15) is 4.98 Å². The number of nitrogens with zero attached hydrogens (tertiary/aromatic N) is 5. The third-order valence-corrected chi connectivity index (χ3v) is 3.78. The number of benzene rings is 2. The Morgan fingerprint density at radius 1 is 1.11 bits per heavy atom. The van der Waals surface area contributed by atoms with Crippen LogP contribution in [-0.2, 0) is 6.54 Å². The van der Waals surface area contributed by atoms with Gasteiger partial charge in [-0.15, -0.1) is 5.10 Å². The van der Waals surface area contributed by atoms with E-state index in [1.54, 1.807) is 24.3 Å². The van der Waals surface area contributed by atoms with Crippen LogP contribution in [-0.4, -0.2) is 31.0 Å². The summed E-state index contributed by atoms with van der Waals surface area (Å²) in [6, 6.07) is 11.5. The first-order chi connectivity index (χ1) is 13.6. The van der Waals surface area contributed by atoms with Crippen LogP contribution in [0.15, 0.2) is 59.3 Å². The molecule has 4 rings (SSSR count). The predicted octanol–water partition coefficient (Wildman–Crippen LogP) is 2.53. The van der Waals surface area contributed by atoms with Crippen LogP contribution in [0.1, 0.15) is 16.2 Å². The maximum absolute atomic E-state index is 13.3. The topological polar surface area (TPSA) is 98.7 Å². The van der Waals surface area contributed by atoms with E-state index in [1.807, 2.05) is 0 Å². The smallest absolute Gasteiger partial charge is 0.316 e. The van der Waals surface area contributed by atoms with Crippen molar-refractivity contribution in [2.45, 2.75) is 6.54 Å². The van der Waals surface area contributed by atoms with Gasteiger partial charge in [0.25, 0.3) is 0 Å². The molecule has 4 aromatic rings. The summed E-state index contributed by atoms with van der Waals surface area (Å²) in [6.45, 7) is 0.173. The molecule has 0 fully saturated rings. The number of nitrogens with one attached hydrogen (secondary N) is 1. The second-order valence-corrected chi connectivity index (χ2v) is 5.76. The van der Waals surface area contributed by atoms with E-state index in [-0.39, 0.29) is 29.8 Å². The van der Waals surface area contributed by atoms with Gasteiger partial charge in [0, 0.05) is 6.54 Å². The van der Waals surface area contributed by atoms with Crippen molar-refractivity contribution in [2.24, 2.45) is 0 Å². The standard InChI is InChI=1S/C18H12F2N6O2/c19-12-6-4-11(5-7-12)9-21-17(27)18-22-16(24-28-18)15-10-26(25-23-15)14-3-1-2-13(20)8-14/h1-8,10H,9H2,(H,21,27). The van der Waals surface area contributed by atoms with Crippen LogP contribution in [0, 0.1) is 11.6 Å². The SMILES string of the molecule is O=C(NCc1ccc(F)cc1)c1nc(-c2cn(-c3cccc(F)c3)nn2)no1. The Bertz CT molecular complexity index is 1120. The van der Waals surface area contributed by atoms with Crippen LogP contribution < -0.4 is 5.32 Å². The van der Waals surface area contributed by atoms with Gasteiger partial charge in [0.2, 0.25) is 5.82 Å². The quantitative estimate of drug-likeness (QED) is 0.570. The molecule has 0 radical (unpaired) electrons. The Hall–Kier alpha value is -3.95. The zero-order valence-electron chi connectivity index (χ0n) is 14.2. The van der Waals surface area contributed by atoms with Crippen LogP contribution in [0.4, 0.5) is 8.78 Å². The third kappa shape index (κ3) is 3.75. The van der Waals surface area contributed by atoms with Gasteiger partial charge in [-0.3, -0.25) is 4.79 Å². The van der Waals surface area contributed by atoms with Gasteiger partial charge in [-0.1, -0.05) is 28.6 Å². The average molecular weight is 382 g/mol. The first-order valence-electron chi connectivity index (χ1n) is 8.13. The highest BCUT2D eigenvalue weighted by Crippen LogP contribution is 2.15. The molecule has 2 aromatic carbocycles. The van der Waals surface area contributed by atoms with Gasteiger partial charge in [0.05, 0.1) is 11.9 Å². The largest absolute Gasteiger partial charge is 0.344 e. The summed E-state index contributed by atoms with van der Waals surface area (Å²) in [4.78, 5) is 16.1. The monoisotopic (exact) mass is 382 g/mol. The van der Waals surface area contributed by atoms with Crippen molar-refractivity contribution in [3.8, 4) is 17.2 Å². The number of amides is 1. The van der Waals surface area contributed by atoms with Crippen LogP contribution in [0.2, 0.25) is 0 Å². The maximum atomic E-state index is 13.3. The number of rotatable bonds is 5. The second kappa shape index (κ2) is 7.35. The Morgan fingerprint density at radius 3 is 2.71 bits per heavy atom. The van der Waals surface area contributed by atoms with E-state index in [0.29, 0.717) is 11.3 Å². The van der Waals surface area contributed by atoms with Gasteiger partial charge >= 0.3 is 11.8 Å². The average Bonchev–Trinajstić information content (AvgIpc) is 3.37. The summed E-state index contributed by atoms with van der Waals surface area (Å²) < 4.78 is 32.5. The molecule has 0 atom stereocenters. The molecule has 0 aliphatic rings. The van der Waals surface area contributed by atoms with Crippen molar-refractivity contribution in [2.75, 3.05) is 0 Å².